The first kappa shape index (κ1) is 11.0. The molecule has 0 aliphatic carbocycles. The van der Waals surface area contributed by atoms with Crippen molar-refractivity contribution in [1.82, 2.24) is 0 Å². The van der Waals surface area contributed by atoms with Gasteiger partial charge < -0.3 is 10.8 Å². The third-order valence-corrected chi connectivity index (χ3v) is 3.08. The summed E-state index contributed by atoms with van der Waals surface area (Å²) in [7, 11) is 0. The highest BCUT2D eigenvalue weighted by Crippen LogP contribution is 2.26. The van der Waals surface area contributed by atoms with Crippen molar-refractivity contribution in [3.05, 3.63) is 33.3 Å². The molecule has 0 heterocycles. The van der Waals surface area contributed by atoms with E-state index in [9.17, 15) is 5.11 Å². The highest BCUT2D eigenvalue weighted by molar-refractivity contribution is 9.10. The molecule has 0 aliphatic rings. The molecule has 0 amide bonds. The summed E-state index contributed by atoms with van der Waals surface area (Å²) in [5, 5.41) is 9.86. The van der Waals surface area contributed by atoms with Gasteiger partial charge in [-0.3, -0.25) is 0 Å². The van der Waals surface area contributed by atoms with Crippen molar-refractivity contribution in [2.45, 2.75) is 19.1 Å². The van der Waals surface area contributed by atoms with Crippen molar-refractivity contribution in [1.29, 1.82) is 0 Å². The van der Waals surface area contributed by atoms with Crippen LogP contribution in [0.5, 0.6) is 0 Å². The van der Waals surface area contributed by atoms with Gasteiger partial charge in [-0.15, -0.1) is 0 Å². The lowest BCUT2D eigenvalue weighted by Gasteiger charge is -2.15. The van der Waals surface area contributed by atoms with Gasteiger partial charge in [-0.1, -0.05) is 17.7 Å². The maximum atomic E-state index is 9.25. The predicted octanol–water partition coefficient (Wildman–Crippen LogP) is 2.48. The van der Waals surface area contributed by atoms with Gasteiger partial charge in [0.05, 0.1) is 17.2 Å². The van der Waals surface area contributed by atoms with Crippen molar-refractivity contribution in [3.63, 3.8) is 0 Å². The highest BCUT2D eigenvalue weighted by Gasteiger charge is 2.12. The molecule has 13 heavy (non-hydrogen) atoms. The second-order valence-corrected chi connectivity index (χ2v) is 4.20. The molecule has 0 saturated carbocycles. The lowest BCUT2D eigenvalue weighted by atomic mass is 10.0. The fourth-order valence-electron chi connectivity index (χ4n) is 0.998. The van der Waals surface area contributed by atoms with E-state index in [-0.39, 0.29) is 6.04 Å². The van der Waals surface area contributed by atoms with Crippen LogP contribution < -0.4 is 5.73 Å². The largest absolute Gasteiger partial charge is 0.391 e. The Hall–Kier alpha value is -0.0900. The van der Waals surface area contributed by atoms with E-state index in [0.29, 0.717) is 5.02 Å². The Labute approximate surface area is 90.8 Å². The Bertz CT molecular complexity index is 304. The number of halogens is 2. The van der Waals surface area contributed by atoms with Gasteiger partial charge in [-0.25, -0.2) is 0 Å². The van der Waals surface area contributed by atoms with Gasteiger partial charge in [0.25, 0.3) is 0 Å². The molecule has 72 valence electrons. The van der Waals surface area contributed by atoms with Crippen molar-refractivity contribution in [3.8, 4) is 0 Å². The smallest absolute Gasteiger partial charge is 0.0704 e. The van der Waals surface area contributed by atoms with E-state index in [4.69, 9.17) is 17.3 Å². The first-order valence-electron chi connectivity index (χ1n) is 3.91. The van der Waals surface area contributed by atoms with Crippen LogP contribution in [0.25, 0.3) is 0 Å². The molecule has 0 radical (unpaired) electrons. The van der Waals surface area contributed by atoms with Crippen LogP contribution in [0.1, 0.15) is 18.5 Å². The molecule has 1 rings (SSSR count). The van der Waals surface area contributed by atoms with Crippen LogP contribution in [-0.2, 0) is 0 Å². The minimum Gasteiger partial charge on any atom is -0.391 e. The zero-order valence-corrected chi connectivity index (χ0v) is 9.51. The number of nitrogens with two attached hydrogens (primary N) is 1. The third kappa shape index (κ3) is 2.68. The molecular formula is C9H11BrClNO. The first-order chi connectivity index (χ1) is 6.02. The normalized spacial score (nSPS) is 15.5. The minimum atomic E-state index is -0.572. The van der Waals surface area contributed by atoms with Crippen LogP contribution in [0.4, 0.5) is 0 Å². The van der Waals surface area contributed by atoms with Gasteiger partial charge in [0, 0.05) is 4.47 Å². The van der Waals surface area contributed by atoms with Crippen LogP contribution in [0, 0.1) is 0 Å². The summed E-state index contributed by atoms with van der Waals surface area (Å²) < 4.78 is 0.829. The fourth-order valence-corrected chi connectivity index (χ4v) is 1.43. The number of benzene rings is 1. The third-order valence-electron chi connectivity index (χ3n) is 1.85. The Kier molecular flexibility index (Phi) is 3.74. The first-order valence-corrected chi connectivity index (χ1v) is 5.08. The van der Waals surface area contributed by atoms with E-state index < -0.39 is 6.10 Å². The molecule has 4 heteroatoms. The molecule has 1 aromatic rings. The molecule has 0 saturated heterocycles. The second-order valence-electron chi connectivity index (χ2n) is 2.94. The fraction of sp³-hybridized carbons (Fsp3) is 0.333. The maximum Gasteiger partial charge on any atom is 0.0704 e. The van der Waals surface area contributed by atoms with Gasteiger partial charge in [-0.2, -0.15) is 0 Å². The van der Waals surface area contributed by atoms with E-state index in [1.807, 2.05) is 12.1 Å². The lowest BCUT2D eigenvalue weighted by molar-refractivity contribution is 0.164. The summed E-state index contributed by atoms with van der Waals surface area (Å²) in [4.78, 5) is 0. The van der Waals surface area contributed by atoms with Crippen LogP contribution >= 0.6 is 27.5 Å². The van der Waals surface area contributed by atoms with Crippen molar-refractivity contribution in [2.24, 2.45) is 5.73 Å². The molecular weight excluding hydrogens is 253 g/mol. The molecule has 0 spiro atoms. The molecule has 0 aromatic heterocycles. The van der Waals surface area contributed by atoms with Crippen molar-refractivity contribution >= 4 is 27.5 Å². The Morgan fingerprint density at radius 1 is 1.54 bits per heavy atom. The van der Waals surface area contributed by atoms with E-state index in [1.165, 1.54) is 0 Å². The lowest BCUT2D eigenvalue weighted by Crippen LogP contribution is -2.22. The highest BCUT2D eigenvalue weighted by atomic mass is 79.9. The van der Waals surface area contributed by atoms with Crippen LogP contribution in [0.3, 0.4) is 0 Å². The van der Waals surface area contributed by atoms with E-state index in [2.05, 4.69) is 15.9 Å². The number of rotatable bonds is 2. The molecule has 2 nitrogen and oxygen atoms in total. The number of hydrogen-bond donors (Lipinski definition) is 2. The van der Waals surface area contributed by atoms with Gasteiger partial charge in [-0.05, 0) is 40.5 Å². The zero-order valence-electron chi connectivity index (χ0n) is 7.17. The van der Waals surface area contributed by atoms with Gasteiger partial charge in [0.2, 0.25) is 0 Å². The average Bonchev–Trinajstić information content (AvgIpc) is 2.08. The maximum absolute atomic E-state index is 9.25. The molecule has 2 atom stereocenters. The molecule has 3 N–H and O–H groups in total. The quantitative estimate of drug-likeness (QED) is 0.862. The molecule has 0 bridgehead atoms. The van der Waals surface area contributed by atoms with E-state index in [1.54, 1.807) is 13.0 Å². The van der Waals surface area contributed by atoms with Gasteiger partial charge in [0.15, 0.2) is 0 Å². The van der Waals surface area contributed by atoms with Crippen molar-refractivity contribution < 1.29 is 5.11 Å². The standard InChI is InChI=1S/C9H11BrClNO/c1-5(13)9(12)6-2-3-7(10)8(11)4-6/h2-5,9,13H,12H2,1H3/t5-,9-/m1/s1. The van der Waals surface area contributed by atoms with Gasteiger partial charge in [0.1, 0.15) is 0 Å². The SMILES string of the molecule is C[C@@H](O)[C@@H](N)c1ccc(Br)c(Cl)c1. The predicted molar refractivity (Wildman–Crippen MR) is 57.8 cm³/mol. The summed E-state index contributed by atoms with van der Waals surface area (Å²) >= 11 is 9.16. The Balaban J connectivity index is 2.97. The van der Waals surface area contributed by atoms with Crippen LogP contribution in [0.15, 0.2) is 22.7 Å². The number of hydrogen-bond acceptors (Lipinski definition) is 2. The molecule has 0 aliphatic heterocycles. The monoisotopic (exact) mass is 263 g/mol. The molecule has 0 unspecified atom stereocenters. The number of aliphatic hydroxyl groups is 1. The average molecular weight is 265 g/mol. The Morgan fingerprint density at radius 3 is 2.62 bits per heavy atom. The zero-order chi connectivity index (χ0) is 10.0. The van der Waals surface area contributed by atoms with Crippen LogP contribution in [-0.4, -0.2) is 11.2 Å². The van der Waals surface area contributed by atoms with Crippen molar-refractivity contribution in [2.75, 3.05) is 0 Å². The summed E-state index contributed by atoms with van der Waals surface area (Å²) in [5.41, 5.74) is 6.57. The van der Waals surface area contributed by atoms with E-state index in [0.717, 1.165) is 10.0 Å². The second kappa shape index (κ2) is 4.42. The topological polar surface area (TPSA) is 46.2 Å². The Morgan fingerprint density at radius 2 is 2.15 bits per heavy atom. The minimum absolute atomic E-state index is 0.384. The number of aliphatic hydroxyl groups excluding tert-OH is 1. The molecule has 1 aromatic carbocycles. The summed E-state index contributed by atoms with van der Waals surface area (Å²) in [6, 6.07) is 5.03. The van der Waals surface area contributed by atoms with Crippen LogP contribution in [0.2, 0.25) is 5.02 Å². The summed E-state index contributed by atoms with van der Waals surface area (Å²) in [6.45, 7) is 1.65. The summed E-state index contributed by atoms with van der Waals surface area (Å²) in [5.74, 6) is 0. The van der Waals surface area contributed by atoms with E-state index >= 15 is 0 Å². The molecule has 0 fully saturated rings. The van der Waals surface area contributed by atoms with Gasteiger partial charge >= 0.3 is 0 Å². The summed E-state index contributed by atoms with van der Waals surface area (Å²) in [6.07, 6.45) is -0.572.